The smallest absolute Gasteiger partial charge is 0.409 e. The fourth-order valence-corrected chi connectivity index (χ4v) is 2.84. The standard InChI is InChI=1S/C18H24N6O4/c1-4-28-18(25)24-9-7-23(8-10-24)17-21-16(12-19-22-17)20-14-11-13(26-2)5-6-15(14)27-3/h5-6,11-12H,4,7-10H2,1-3H3,(H,20,21,22). The van der Waals surface area contributed by atoms with Crippen molar-refractivity contribution in [1.29, 1.82) is 0 Å². The summed E-state index contributed by atoms with van der Waals surface area (Å²) in [6.07, 6.45) is 1.25. The van der Waals surface area contributed by atoms with E-state index in [-0.39, 0.29) is 6.09 Å². The fraction of sp³-hybridized carbons (Fsp3) is 0.444. The molecular weight excluding hydrogens is 364 g/mol. The van der Waals surface area contributed by atoms with Crippen LogP contribution in [0.1, 0.15) is 6.92 Å². The number of hydrogen-bond donors (Lipinski definition) is 1. The Morgan fingerprint density at radius 1 is 1.18 bits per heavy atom. The number of carbonyl (C=O) groups excluding carboxylic acids is 1. The lowest BCUT2D eigenvalue weighted by Crippen LogP contribution is -2.49. The van der Waals surface area contributed by atoms with Crippen LogP contribution in [-0.2, 0) is 4.74 Å². The quantitative estimate of drug-likeness (QED) is 0.795. The topological polar surface area (TPSA) is 102 Å². The van der Waals surface area contributed by atoms with Crippen LogP contribution >= 0.6 is 0 Å². The summed E-state index contributed by atoms with van der Waals surface area (Å²) in [6.45, 7) is 4.46. The zero-order valence-corrected chi connectivity index (χ0v) is 16.2. The summed E-state index contributed by atoms with van der Waals surface area (Å²) in [5.41, 5.74) is 0.709. The van der Waals surface area contributed by atoms with Crippen molar-refractivity contribution >= 4 is 23.5 Å². The lowest BCUT2D eigenvalue weighted by Gasteiger charge is -2.33. The van der Waals surface area contributed by atoms with Crippen molar-refractivity contribution < 1.29 is 19.0 Å². The van der Waals surface area contributed by atoms with E-state index in [9.17, 15) is 4.79 Å². The molecule has 10 nitrogen and oxygen atoms in total. The number of aromatic nitrogens is 3. The second kappa shape index (κ2) is 9.07. The molecule has 1 aliphatic heterocycles. The molecule has 0 saturated carbocycles. The maximum absolute atomic E-state index is 11.8. The third-order valence-corrected chi connectivity index (χ3v) is 4.31. The molecule has 0 bridgehead atoms. The number of piperazine rings is 1. The summed E-state index contributed by atoms with van der Waals surface area (Å²) in [5, 5.41) is 11.4. The van der Waals surface area contributed by atoms with Crippen molar-refractivity contribution in [3.8, 4) is 11.5 Å². The first-order chi connectivity index (χ1) is 13.6. The minimum Gasteiger partial charge on any atom is -0.497 e. The van der Waals surface area contributed by atoms with Crippen LogP contribution in [0, 0.1) is 0 Å². The normalized spacial score (nSPS) is 13.8. The van der Waals surface area contributed by atoms with E-state index in [1.54, 1.807) is 26.0 Å². The van der Waals surface area contributed by atoms with Crippen molar-refractivity contribution in [2.45, 2.75) is 6.92 Å². The highest BCUT2D eigenvalue weighted by Crippen LogP contribution is 2.31. The second-order valence-corrected chi connectivity index (χ2v) is 6.01. The Morgan fingerprint density at radius 3 is 2.64 bits per heavy atom. The molecule has 1 saturated heterocycles. The van der Waals surface area contributed by atoms with Gasteiger partial charge in [0.1, 0.15) is 11.5 Å². The molecule has 28 heavy (non-hydrogen) atoms. The molecule has 1 aromatic carbocycles. The first-order valence-electron chi connectivity index (χ1n) is 9.00. The predicted molar refractivity (Wildman–Crippen MR) is 103 cm³/mol. The molecule has 3 rings (SSSR count). The largest absolute Gasteiger partial charge is 0.497 e. The van der Waals surface area contributed by atoms with Gasteiger partial charge in [-0.3, -0.25) is 0 Å². The molecular formula is C18H24N6O4. The van der Waals surface area contributed by atoms with Crippen LogP contribution in [-0.4, -0.2) is 73.2 Å². The highest BCUT2D eigenvalue weighted by molar-refractivity contribution is 5.68. The van der Waals surface area contributed by atoms with Crippen molar-refractivity contribution in [3.63, 3.8) is 0 Å². The van der Waals surface area contributed by atoms with E-state index in [0.717, 1.165) is 0 Å². The summed E-state index contributed by atoms with van der Waals surface area (Å²) >= 11 is 0. The number of carbonyl (C=O) groups is 1. The van der Waals surface area contributed by atoms with Gasteiger partial charge in [0.2, 0.25) is 5.95 Å². The second-order valence-electron chi connectivity index (χ2n) is 6.01. The third-order valence-electron chi connectivity index (χ3n) is 4.31. The number of rotatable bonds is 6. The predicted octanol–water partition coefficient (Wildman–Crippen LogP) is 1.91. The molecule has 1 aromatic heterocycles. The number of benzene rings is 1. The zero-order valence-electron chi connectivity index (χ0n) is 16.2. The minimum absolute atomic E-state index is 0.290. The van der Waals surface area contributed by atoms with E-state index in [0.29, 0.717) is 61.7 Å². The zero-order chi connectivity index (χ0) is 19.9. The maximum Gasteiger partial charge on any atom is 0.409 e. The van der Waals surface area contributed by atoms with E-state index in [1.165, 1.54) is 6.20 Å². The molecule has 1 aliphatic rings. The molecule has 1 amide bonds. The number of anilines is 3. The van der Waals surface area contributed by atoms with Gasteiger partial charge >= 0.3 is 6.09 Å². The molecule has 0 spiro atoms. The molecule has 0 aliphatic carbocycles. The number of hydrogen-bond acceptors (Lipinski definition) is 9. The first-order valence-corrected chi connectivity index (χ1v) is 9.00. The number of amides is 1. The Morgan fingerprint density at radius 2 is 1.96 bits per heavy atom. The van der Waals surface area contributed by atoms with Gasteiger partial charge in [0.05, 0.1) is 32.7 Å². The van der Waals surface area contributed by atoms with Gasteiger partial charge in [-0.2, -0.15) is 10.1 Å². The average molecular weight is 388 g/mol. The van der Waals surface area contributed by atoms with Gasteiger partial charge in [-0.15, -0.1) is 5.10 Å². The van der Waals surface area contributed by atoms with Crippen LogP contribution in [0.4, 0.5) is 22.2 Å². The van der Waals surface area contributed by atoms with Crippen molar-refractivity contribution in [1.82, 2.24) is 20.1 Å². The van der Waals surface area contributed by atoms with Crippen LogP contribution in [0.5, 0.6) is 11.5 Å². The molecule has 1 fully saturated rings. The number of methoxy groups -OCH3 is 2. The molecule has 1 N–H and O–H groups in total. The van der Waals surface area contributed by atoms with E-state index < -0.39 is 0 Å². The van der Waals surface area contributed by atoms with Crippen LogP contribution in [0.2, 0.25) is 0 Å². The fourth-order valence-electron chi connectivity index (χ4n) is 2.84. The third kappa shape index (κ3) is 4.51. The SMILES string of the molecule is CCOC(=O)N1CCN(c2nncc(Nc3cc(OC)ccc3OC)n2)CC1. The van der Waals surface area contributed by atoms with Gasteiger partial charge < -0.3 is 29.3 Å². The Hall–Kier alpha value is -3.30. The van der Waals surface area contributed by atoms with Crippen molar-refractivity contribution in [2.75, 3.05) is 57.2 Å². The van der Waals surface area contributed by atoms with E-state index >= 15 is 0 Å². The molecule has 0 atom stereocenters. The van der Waals surface area contributed by atoms with E-state index in [2.05, 4.69) is 20.5 Å². The summed E-state index contributed by atoms with van der Waals surface area (Å²) in [4.78, 5) is 20.0. The first kappa shape index (κ1) is 19.5. The van der Waals surface area contributed by atoms with Crippen molar-refractivity contribution in [3.05, 3.63) is 24.4 Å². The number of nitrogens with one attached hydrogen (secondary N) is 1. The van der Waals surface area contributed by atoms with Crippen LogP contribution in [0.25, 0.3) is 0 Å². The Labute approximate surface area is 163 Å². The van der Waals surface area contributed by atoms with Crippen LogP contribution in [0.3, 0.4) is 0 Å². The van der Waals surface area contributed by atoms with Crippen LogP contribution in [0.15, 0.2) is 24.4 Å². The molecule has 0 unspecified atom stereocenters. The summed E-state index contributed by atoms with van der Waals surface area (Å²) in [7, 11) is 3.20. The van der Waals surface area contributed by atoms with Crippen LogP contribution < -0.4 is 19.7 Å². The Bertz CT molecular complexity index is 810. The number of nitrogens with zero attached hydrogens (tertiary/aromatic N) is 5. The average Bonchev–Trinajstić information content (AvgIpc) is 2.74. The van der Waals surface area contributed by atoms with Gasteiger partial charge in [0.25, 0.3) is 0 Å². The molecule has 150 valence electrons. The highest BCUT2D eigenvalue weighted by Gasteiger charge is 2.23. The lowest BCUT2D eigenvalue weighted by atomic mass is 10.2. The number of ether oxygens (including phenoxy) is 3. The summed E-state index contributed by atoms with van der Waals surface area (Å²) in [6, 6.07) is 5.45. The van der Waals surface area contributed by atoms with Gasteiger partial charge in [-0.25, -0.2) is 4.79 Å². The molecule has 10 heteroatoms. The lowest BCUT2D eigenvalue weighted by molar-refractivity contribution is 0.105. The monoisotopic (exact) mass is 388 g/mol. The van der Waals surface area contributed by atoms with E-state index in [1.807, 2.05) is 23.1 Å². The summed E-state index contributed by atoms with van der Waals surface area (Å²) < 4.78 is 15.7. The van der Waals surface area contributed by atoms with E-state index in [4.69, 9.17) is 14.2 Å². The van der Waals surface area contributed by atoms with Gasteiger partial charge in [0, 0.05) is 32.2 Å². The minimum atomic E-state index is -0.290. The molecule has 2 heterocycles. The van der Waals surface area contributed by atoms with Gasteiger partial charge in [-0.1, -0.05) is 0 Å². The Kier molecular flexibility index (Phi) is 6.30. The maximum atomic E-state index is 11.8. The molecule has 0 radical (unpaired) electrons. The van der Waals surface area contributed by atoms with Crippen molar-refractivity contribution in [2.24, 2.45) is 0 Å². The molecule has 2 aromatic rings. The van der Waals surface area contributed by atoms with Gasteiger partial charge in [0.15, 0.2) is 5.82 Å². The van der Waals surface area contributed by atoms with Gasteiger partial charge in [-0.05, 0) is 19.1 Å². The Balaban J connectivity index is 1.69. The summed E-state index contributed by atoms with van der Waals surface area (Å²) in [5.74, 6) is 2.38. The highest BCUT2D eigenvalue weighted by atomic mass is 16.6.